The fourth-order valence-electron chi connectivity index (χ4n) is 1.99. The van der Waals surface area contributed by atoms with Crippen LogP contribution in [0, 0.1) is 5.82 Å². The highest BCUT2D eigenvalue weighted by Crippen LogP contribution is 2.25. The van der Waals surface area contributed by atoms with E-state index in [-0.39, 0.29) is 18.1 Å². The van der Waals surface area contributed by atoms with E-state index >= 15 is 0 Å². The minimum atomic E-state index is -1.10. The number of hydrogen-bond acceptors (Lipinski definition) is 5. The summed E-state index contributed by atoms with van der Waals surface area (Å²) in [6.07, 6.45) is -0.927. The summed E-state index contributed by atoms with van der Waals surface area (Å²) in [5, 5.41) is 10.1. The minimum Gasteiger partial charge on any atom is -0.443 e. The van der Waals surface area contributed by atoms with Crippen LogP contribution < -0.4 is 16.1 Å². The number of hydrogen-bond donors (Lipinski definition) is 2. The Morgan fingerprint density at radius 3 is 2.62 bits per heavy atom. The van der Waals surface area contributed by atoms with Crippen LogP contribution >= 0.6 is 0 Å². The molecular weight excluding hydrogens is 314 g/mol. The van der Waals surface area contributed by atoms with Crippen molar-refractivity contribution < 1.29 is 23.7 Å². The molecule has 8 heteroatoms. The normalized spacial score (nSPS) is 18.7. The quantitative estimate of drug-likeness (QED) is 0.754. The van der Waals surface area contributed by atoms with Gasteiger partial charge in [-0.1, -0.05) is 6.07 Å². The van der Waals surface area contributed by atoms with Crippen LogP contribution in [0.25, 0.3) is 0 Å². The average Bonchev–Trinajstić information content (AvgIpc) is 2.86. The Morgan fingerprint density at radius 1 is 1.46 bits per heavy atom. The molecule has 3 N–H and O–H groups in total. The van der Waals surface area contributed by atoms with Gasteiger partial charge in [0.05, 0.1) is 23.4 Å². The predicted octanol–water partition coefficient (Wildman–Crippen LogP) is 0.920. The molecule has 131 valence electrons. The van der Waals surface area contributed by atoms with Crippen molar-refractivity contribution in [3.63, 3.8) is 0 Å². The van der Waals surface area contributed by atoms with Crippen LogP contribution in [-0.4, -0.2) is 49.1 Å². The number of benzene rings is 1. The maximum atomic E-state index is 14.3. The number of cyclic esters (lactones) is 1. The van der Waals surface area contributed by atoms with Crippen molar-refractivity contribution in [1.29, 1.82) is 0 Å². The third kappa shape index (κ3) is 3.88. The number of halogens is 1. The lowest BCUT2D eigenvalue weighted by molar-refractivity contribution is -0.0893. The molecule has 1 aromatic carbocycles. The smallest absolute Gasteiger partial charge is 0.414 e. The standard InChI is InChI=1S/C16H23BFN2O4/c1-15(2,22)16(3,4)24-17-12-6-5-10(7-13(12)18)20-9-11(8-19)23-14(20)21/h5-7,11,22H,8-9,19H2,1-4H3/t11-/m0/s1. The highest BCUT2D eigenvalue weighted by atomic mass is 19.1. The summed E-state index contributed by atoms with van der Waals surface area (Å²) < 4.78 is 24.9. The fraction of sp³-hybridized carbons (Fsp3) is 0.562. The SMILES string of the molecule is CC(C)(O)C(C)(C)O[B]c1ccc(N2C[C@H](CN)OC2=O)cc1F. The molecule has 1 radical (unpaired) electrons. The van der Waals surface area contributed by atoms with E-state index in [9.17, 15) is 14.3 Å². The number of nitrogens with two attached hydrogens (primary N) is 1. The Balaban J connectivity index is 2.09. The molecule has 0 aromatic heterocycles. The van der Waals surface area contributed by atoms with E-state index < -0.39 is 23.1 Å². The zero-order valence-electron chi connectivity index (χ0n) is 14.4. The topological polar surface area (TPSA) is 85.0 Å². The highest BCUT2D eigenvalue weighted by Gasteiger charge is 2.36. The molecule has 0 unspecified atom stereocenters. The summed E-state index contributed by atoms with van der Waals surface area (Å²) in [4.78, 5) is 13.1. The molecular formula is C16H23BFN2O4. The third-order valence-electron chi connectivity index (χ3n) is 4.39. The lowest BCUT2D eigenvalue weighted by Gasteiger charge is -2.37. The molecule has 1 heterocycles. The molecule has 0 bridgehead atoms. The van der Waals surface area contributed by atoms with Gasteiger partial charge in [0.1, 0.15) is 11.9 Å². The van der Waals surface area contributed by atoms with Gasteiger partial charge in [-0.3, -0.25) is 4.90 Å². The van der Waals surface area contributed by atoms with Crippen molar-refractivity contribution >= 4 is 24.7 Å². The Labute approximate surface area is 142 Å². The second-order valence-corrected chi connectivity index (χ2v) is 6.86. The molecule has 0 spiro atoms. The molecule has 1 aromatic rings. The maximum absolute atomic E-state index is 14.3. The number of anilines is 1. The molecule has 24 heavy (non-hydrogen) atoms. The second kappa shape index (κ2) is 6.70. The van der Waals surface area contributed by atoms with Crippen molar-refractivity contribution in [2.24, 2.45) is 5.73 Å². The molecule has 1 atom stereocenters. The van der Waals surface area contributed by atoms with Crippen molar-refractivity contribution in [3.8, 4) is 0 Å². The van der Waals surface area contributed by atoms with Gasteiger partial charge in [0, 0.05) is 6.54 Å². The van der Waals surface area contributed by atoms with Gasteiger partial charge in [0.25, 0.3) is 0 Å². The van der Waals surface area contributed by atoms with Crippen LogP contribution in [0.5, 0.6) is 0 Å². The summed E-state index contributed by atoms with van der Waals surface area (Å²) in [5.74, 6) is -0.539. The van der Waals surface area contributed by atoms with Gasteiger partial charge in [-0.05, 0) is 45.3 Å². The first-order valence-electron chi connectivity index (χ1n) is 7.76. The third-order valence-corrected chi connectivity index (χ3v) is 4.39. The van der Waals surface area contributed by atoms with E-state index in [0.29, 0.717) is 12.2 Å². The van der Waals surface area contributed by atoms with Crippen LogP contribution in [0.2, 0.25) is 0 Å². The van der Waals surface area contributed by atoms with E-state index in [4.69, 9.17) is 15.1 Å². The van der Waals surface area contributed by atoms with Gasteiger partial charge >= 0.3 is 13.6 Å². The number of rotatable bonds is 6. The molecule has 1 amide bonds. The molecule has 1 saturated heterocycles. The first kappa shape index (κ1) is 18.7. The Kier molecular flexibility index (Phi) is 5.22. The monoisotopic (exact) mass is 337 g/mol. The Bertz CT molecular complexity index is 619. The molecule has 2 rings (SSSR count). The van der Waals surface area contributed by atoms with Gasteiger partial charge in [-0.2, -0.15) is 0 Å². The average molecular weight is 337 g/mol. The fourth-order valence-corrected chi connectivity index (χ4v) is 1.99. The van der Waals surface area contributed by atoms with Crippen LogP contribution in [0.15, 0.2) is 18.2 Å². The maximum Gasteiger partial charge on any atom is 0.414 e. The van der Waals surface area contributed by atoms with Crippen LogP contribution in [0.4, 0.5) is 14.9 Å². The van der Waals surface area contributed by atoms with E-state index in [1.807, 2.05) is 0 Å². The minimum absolute atomic E-state index is 0.219. The molecule has 0 aliphatic carbocycles. The lowest BCUT2D eigenvalue weighted by atomic mass is 9.82. The van der Waals surface area contributed by atoms with Gasteiger partial charge < -0.3 is 20.2 Å². The van der Waals surface area contributed by atoms with E-state index in [0.717, 1.165) is 0 Å². The molecule has 1 aliphatic rings. The van der Waals surface area contributed by atoms with Crippen molar-refractivity contribution in [3.05, 3.63) is 24.0 Å². The van der Waals surface area contributed by atoms with Gasteiger partial charge in [-0.15, -0.1) is 0 Å². The van der Waals surface area contributed by atoms with Crippen molar-refractivity contribution in [2.75, 3.05) is 18.0 Å². The number of amides is 1. The number of ether oxygens (including phenoxy) is 1. The number of carbonyl (C=O) groups excluding carboxylic acids is 1. The summed E-state index contributed by atoms with van der Waals surface area (Å²) >= 11 is 0. The first-order chi connectivity index (χ1) is 11.0. The van der Waals surface area contributed by atoms with E-state index in [1.54, 1.807) is 33.8 Å². The van der Waals surface area contributed by atoms with Gasteiger partial charge in [0.15, 0.2) is 0 Å². The van der Waals surface area contributed by atoms with Crippen molar-refractivity contribution in [2.45, 2.75) is 45.0 Å². The second-order valence-electron chi connectivity index (χ2n) is 6.86. The first-order valence-corrected chi connectivity index (χ1v) is 7.76. The van der Waals surface area contributed by atoms with Gasteiger partial charge in [0.2, 0.25) is 0 Å². The summed E-state index contributed by atoms with van der Waals surface area (Å²) in [7, 11) is 1.27. The molecule has 6 nitrogen and oxygen atoms in total. The Hall–Kier alpha value is -1.64. The largest absolute Gasteiger partial charge is 0.443 e. The van der Waals surface area contributed by atoms with Gasteiger partial charge in [-0.25, -0.2) is 9.18 Å². The zero-order valence-corrected chi connectivity index (χ0v) is 14.4. The summed E-state index contributed by atoms with van der Waals surface area (Å²) in [5.41, 5.74) is 4.10. The lowest BCUT2D eigenvalue weighted by Crippen LogP contribution is -2.49. The zero-order chi connectivity index (χ0) is 18.1. The number of carbonyl (C=O) groups is 1. The Morgan fingerprint density at radius 2 is 2.12 bits per heavy atom. The van der Waals surface area contributed by atoms with Crippen LogP contribution in [0.1, 0.15) is 27.7 Å². The molecule has 1 fully saturated rings. The van der Waals surface area contributed by atoms with E-state index in [2.05, 4.69) is 0 Å². The summed E-state index contributed by atoms with van der Waals surface area (Å²) in [6.45, 7) is 7.17. The molecule has 0 saturated carbocycles. The van der Waals surface area contributed by atoms with E-state index in [1.165, 1.54) is 24.5 Å². The highest BCUT2D eigenvalue weighted by molar-refractivity contribution is 6.47. The number of aliphatic hydroxyl groups is 1. The van der Waals surface area contributed by atoms with Crippen LogP contribution in [-0.2, 0) is 9.39 Å². The summed E-state index contributed by atoms with van der Waals surface area (Å²) in [6, 6.07) is 4.36. The van der Waals surface area contributed by atoms with Crippen LogP contribution in [0.3, 0.4) is 0 Å². The predicted molar refractivity (Wildman–Crippen MR) is 89.9 cm³/mol. The molecule has 1 aliphatic heterocycles. The van der Waals surface area contributed by atoms with Crippen molar-refractivity contribution in [1.82, 2.24) is 0 Å². The number of nitrogens with zero attached hydrogens (tertiary/aromatic N) is 1.